The van der Waals surface area contributed by atoms with Gasteiger partial charge in [-0.25, -0.2) is 0 Å². The smallest absolute Gasteiger partial charge is 0.147 e. The SMILES string of the molecule is CC(C)(C)c1cc(Br)c2c(c1)SCCO2. The molecule has 1 aliphatic heterocycles. The molecule has 0 aromatic heterocycles. The third kappa shape index (κ3) is 2.34. The highest BCUT2D eigenvalue weighted by atomic mass is 79.9. The van der Waals surface area contributed by atoms with Crippen molar-refractivity contribution in [1.29, 1.82) is 0 Å². The zero-order valence-electron chi connectivity index (χ0n) is 9.26. The van der Waals surface area contributed by atoms with Gasteiger partial charge in [-0.05, 0) is 39.0 Å². The van der Waals surface area contributed by atoms with Gasteiger partial charge in [0.15, 0.2) is 0 Å². The fourth-order valence-corrected chi connectivity index (χ4v) is 3.15. The molecule has 1 aliphatic rings. The van der Waals surface area contributed by atoms with Crippen molar-refractivity contribution < 1.29 is 4.74 Å². The van der Waals surface area contributed by atoms with Gasteiger partial charge < -0.3 is 4.74 Å². The fourth-order valence-electron chi connectivity index (χ4n) is 1.54. The molecule has 0 atom stereocenters. The van der Waals surface area contributed by atoms with Crippen LogP contribution in [0.2, 0.25) is 0 Å². The Kier molecular flexibility index (Phi) is 3.04. The Balaban J connectivity index is 2.50. The number of hydrogen-bond acceptors (Lipinski definition) is 2. The van der Waals surface area contributed by atoms with Crippen molar-refractivity contribution in [3.05, 3.63) is 22.2 Å². The molecule has 15 heavy (non-hydrogen) atoms. The summed E-state index contributed by atoms with van der Waals surface area (Å²) in [5.41, 5.74) is 1.54. The molecule has 3 heteroatoms. The van der Waals surface area contributed by atoms with E-state index in [-0.39, 0.29) is 5.41 Å². The van der Waals surface area contributed by atoms with E-state index in [9.17, 15) is 0 Å². The Morgan fingerprint density at radius 2 is 2.07 bits per heavy atom. The summed E-state index contributed by atoms with van der Waals surface area (Å²) in [4.78, 5) is 1.26. The topological polar surface area (TPSA) is 9.23 Å². The molecule has 1 aromatic rings. The maximum absolute atomic E-state index is 5.65. The minimum atomic E-state index is 0.190. The Bertz CT molecular complexity index is 382. The maximum atomic E-state index is 5.65. The van der Waals surface area contributed by atoms with Crippen molar-refractivity contribution in [1.82, 2.24) is 0 Å². The second-order valence-corrected chi connectivity index (χ2v) is 6.72. The molecule has 0 N–H and O–H groups in total. The van der Waals surface area contributed by atoms with E-state index in [1.54, 1.807) is 0 Å². The molecule has 0 radical (unpaired) electrons. The van der Waals surface area contributed by atoms with Gasteiger partial charge in [-0.1, -0.05) is 20.8 Å². The summed E-state index contributed by atoms with van der Waals surface area (Å²) in [6, 6.07) is 4.43. The molecular weight excluding hydrogens is 272 g/mol. The summed E-state index contributed by atoms with van der Waals surface area (Å²) in [6.07, 6.45) is 0. The standard InChI is InChI=1S/C12H15BrOS/c1-12(2,3)8-6-9(13)11-10(7-8)15-5-4-14-11/h6-7H,4-5H2,1-3H3. The summed E-state index contributed by atoms with van der Waals surface area (Å²) in [6.45, 7) is 7.51. The first-order valence-corrected chi connectivity index (χ1v) is 6.86. The Labute approximate surface area is 104 Å². The highest BCUT2D eigenvalue weighted by Crippen LogP contribution is 2.42. The van der Waals surface area contributed by atoms with E-state index in [2.05, 4.69) is 48.8 Å². The number of hydrogen-bond donors (Lipinski definition) is 0. The molecule has 0 spiro atoms. The molecular formula is C12H15BrOS. The summed E-state index contributed by atoms with van der Waals surface area (Å²) in [5.74, 6) is 2.06. The number of rotatable bonds is 0. The summed E-state index contributed by atoms with van der Waals surface area (Å²) < 4.78 is 6.73. The van der Waals surface area contributed by atoms with Crippen molar-refractivity contribution in [2.24, 2.45) is 0 Å². The number of halogens is 1. The van der Waals surface area contributed by atoms with E-state index < -0.39 is 0 Å². The van der Waals surface area contributed by atoms with E-state index in [1.807, 2.05) is 11.8 Å². The molecule has 1 heterocycles. The van der Waals surface area contributed by atoms with Crippen LogP contribution < -0.4 is 4.74 Å². The summed E-state index contributed by atoms with van der Waals surface area (Å²) in [7, 11) is 0. The van der Waals surface area contributed by atoms with E-state index in [0.717, 1.165) is 22.6 Å². The molecule has 1 aromatic carbocycles. The van der Waals surface area contributed by atoms with Crippen molar-refractivity contribution in [3.63, 3.8) is 0 Å². The third-order valence-electron chi connectivity index (χ3n) is 2.46. The highest BCUT2D eigenvalue weighted by molar-refractivity contribution is 9.10. The predicted octanol–water partition coefficient (Wildman–Crippen LogP) is 4.23. The lowest BCUT2D eigenvalue weighted by atomic mass is 9.87. The van der Waals surface area contributed by atoms with Crippen molar-refractivity contribution >= 4 is 27.7 Å². The second kappa shape index (κ2) is 4.02. The van der Waals surface area contributed by atoms with Gasteiger partial charge in [-0.15, -0.1) is 11.8 Å². The van der Waals surface area contributed by atoms with Gasteiger partial charge in [0.05, 0.1) is 16.0 Å². The first-order valence-electron chi connectivity index (χ1n) is 5.08. The molecule has 0 aliphatic carbocycles. The molecule has 0 fully saturated rings. The molecule has 2 rings (SSSR count). The highest BCUT2D eigenvalue weighted by Gasteiger charge is 2.20. The van der Waals surface area contributed by atoms with Crippen LogP contribution >= 0.6 is 27.7 Å². The Hall–Kier alpha value is -0.150. The van der Waals surface area contributed by atoms with Crippen LogP contribution in [0.15, 0.2) is 21.5 Å². The zero-order chi connectivity index (χ0) is 11.1. The molecule has 0 unspecified atom stereocenters. The first kappa shape index (κ1) is 11.3. The second-order valence-electron chi connectivity index (χ2n) is 4.73. The van der Waals surface area contributed by atoms with Crippen LogP contribution in [0.25, 0.3) is 0 Å². The number of fused-ring (bicyclic) bond motifs is 1. The van der Waals surface area contributed by atoms with Crippen LogP contribution in [0.1, 0.15) is 26.3 Å². The molecule has 0 amide bonds. The van der Waals surface area contributed by atoms with E-state index in [0.29, 0.717) is 0 Å². The average Bonchev–Trinajstić information content (AvgIpc) is 2.16. The lowest BCUT2D eigenvalue weighted by Gasteiger charge is -2.24. The number of thioether (sulfide) groups is 1. The zero-order valence-corrected chi connectivity index (χ0v) is 11.7. The van der Waals surface area contributed by atoms with Gasteiger partial charge in [0.1, 0.15) is 5.75 Å². The average molecular weight is 287 g/mol. The minimum absolute atomic E-state index is 0.190. The minimum Gasteiger partial charge on any atom is -0.490 e. The van der Waals surface area contributed by atoms with Crippen LogP contribution in [0.3, 0.4) is 0 Å². The molecule has 0 bridgehead atoms. The van der Waals surface area contributed by atoms with Crippen LogP contribution in [-0.4, -0.2) is 12.4 Å². The van der Waals surface area contributed by atoms with Crippen molar-refractivity contribution in [2.45, 2.75) is 31.1 Å². The normalized spacial score (nSPS) is 15.7. The maximum Gasteiger partial charge on any atom is 0.147 e. The Morgan fingerprint density at radius 3 is 2.73 bits per heavy atom. The Morgan fingerprint density at radius 1 is 1.33 bits per heavy atom. The van der Waals surface area contributed by atoms with Crippen LogP contribution in [0.5, 0.6) is 5.75 Å². The lowest BCUT2D eigenvalue weighted by molar-refractivity contribution is 0.327. The molecule has 0 saturated carbocycles. The van der Waals surface area contributed by atoms with Crippen LogP contribution in [0.4, 0.5) is 0 Å². The van der Waals surface area contributed by atoms with Gasteiger partial charge in [0, 0.05) is 5.75 Å². The van der Waals surface area contributed by atoms with Crippen molar-refractivity contribution in [3.8, 4) is 5.75 Å². The number of ether oxygens (including phenoxy) is 1. The summed E-state index contributed by atoms with van der Waals surface area (Å²) in [5, 5.41) is 0. The first-order chi connectivity index (χ1) is 6.98. The van der Waals surface area contributed by atoms with E-state index in [1.165, 1.54) is 10.5 Å². The van der Waals surface area contributed by atoms with Crippen LogP contribution in [0, 0.1) is 0 Å². The summed E-state index contributed by atoms with van der Waals surface area (Å²) >= 11 is 5.47. The van der Waals surface area contributed by atoms with E-state index >= 15 is 0 Å². The van der Waals surface area contributed by atoms with Gasteiger partial charge in [-0.3, -0.25) is 0 Å². The van der Waals surface area contributed by atoms with Crippen molar-refractivity contribution in [2.75, 3.05) is 12.4 Å². The van der Waals surface area contributed by atoms with Gasteiger partial charge >= 0.3 is 0 Å². The molecule has 0 saturated heterocycles. The lowest BCUT2D eigenvalue weighted by Crippen LogP contribution is -2.13. The van der Waals surface area contributed by atoms with Gasteiger partial charge in [0.25, 0.3) is 0 Å². The van der Waals surface area contributed by atoms with Gasteiger partial charge in [0.2, 0.25) is 0 Å². The van der Waals surface area contributed by atoms with E-state index in [4.69, 9.17) is 4.74 Å². The van der Waals surface area contributed by atoms with Crippen LogP contribution in [-0.2, 0) is 5.41 Å². The predicted molar refractivity (Wildman–Crippen MR) is 69.1 cm³/mol. The molecule has 1 nitrogen and oxygen atoms in total. The molecule has 82 valence electrons. The third-order valence-corrected chi connectivity index (χ3v) is 4.04. The largest absolute Gasteiger partial charge is 0.490 e. The van der Waals surface area contributed by atoms with Gasteiger partial charge in [-0.2, -0.15) is 0 Å². The number of benzene rings is 1. The monoisotopic (exact) mass is 286 g/mol. The fraction of sp³-hybridized carbons (Fsp3) is 0.500. The quantitative estimate of drug-likeness (QED) is 0.706.